The van der Waals surface area contributed by atoms with Gasteiger partial charge < -0.3 is 24.6 Å². The summed E-state index contributed by atoms with van der Waals surface area (Å²) in [5.41, 5.74) is 1.83. The topological polar surface area (TPSA) is 83.1 Å². The SMILES string of the molecule is COC(=O)c1nc(Nc2ccc(N3CCN(C4CCN(C)CC4)CC3)c(OC)c2)ncc1Cl. The molecule has 2 saturated heterocycles. The Morgan fingerprint density at radius 1 is 1.12 bits per heavy atom. The minimum Gasteiger partial charge on any atom is -0.495 e. The maximum absolute atomic E-state index is 11.8. The quantitative estimate of drug-likeness (QED) is 0.635. The molecule has 4 rings (SSSR count). The number of benzene rings is 1. The highest BCUT2D eigenvalue weighted by atomic mass is 35.5. The summed E-state index contributed by atoms with van der Waals surface area (Å²) in [6, 6.07) is 6.61. The number of nitrogens with zero attached hydrogens (tertiary/aromatic N) is 5. The van der Waals surface area contributed by atoms with Gasteiger partial charge >= 0.3 is 5.97 Å². The van der Waals surface area contributed by atoms with Gasteiger partial charge in [-0.15, -0.1) is 0 Å². The summed E-state index contributed by atoms with van der Waals surface area (Å²) in [6.45, 7) is 6.44. The molecule has 0 unspecified atom stereocenters. The zero-order valence-electron chi connectivity index (χ0n) is 19.4. The molecule has 178 valence electrons. The lowest BCUT2D eigenvalue weighted by molar-refractivity contribution is 0.0594. The van der Waals surface area contributed by atoms with Crippen molar-refractivity contribution in [1.29, 1.82) is 0 Å². The number of esters is 1. The number of carbonyl (C=O) groups excluding carboxylic acids is 1. The fourth-order valence-corrected chi connectivity index (χ4v) is 4.67. The summed E-state index contributed by atoms with van der Waals surface area (Å²) in [5, 5.41) is 3.25. The number of rotatable bonds is 6. The molecule has 3 heterocycles. The van der Waals surface area contributed by atoms with Crippen molar-refractivity contribution in [1.82, 2.24) is 19.8 Å². The Bertz CT molecular complexity index is 975. The van der Waals surface area contributed by atoms with E-state index < -0.39 is 5.97 Å². The molecular weight excluding hydrogens is 444 g/mol. The van der Waals surface area contributed by atoms with Gasteiger partial charge in [0.25, 0.3) is 0 Å². The van der Waals surface area contributed by atoms with Crippen molar-refractivity contribution < 1.29 is 14.3 Å². The molecule has 0 bridgehead atoms. The first-order valence-electron chi connectivity index (χ1n) is 11.2. The number of carbonyl (C=O) groups is 1. The molecule has 0 atom stereocenters. The molecule has 2 aliphatic rings. The molecule has 0 saturated carbocycles. The molecule has 1 N–H and O–H groups in total. The number of hydrogen-bond donors (Lipinski definition) is 1. The number of piperazine rings is 1. The van der Waals surface area contributed by atoms with Crippen LogP contribution in [0.25, 0.3) is 0 Å². The predicted octanol–water partition coefficient (Wildman–Crippen LogP) is 2.89. The Morgan fingerprint density at radius 2 is 1.85 bits per heavy atom. The van der Waals surface area contributed by atoms with Gasteiger partial charge in [-0.05, 0) is 45.1 Å². The monoisotopic (exact) mass is 474 g/mol. The zero-order valence-corrected chi connectivity index (χ0v) is 20.1. The van der Waals surface area contributed by atoms with Crippen LogP contribution in [0.4, 0.5) is 17.3 Å². The maximum atomic E-state index is 11.8. The van der Waals surface area contributed by atoms with E-state index in [1.165, 1.54) is 39.2 Å². The summed E-state index contributed by atoms with van der Waals surface area (Å²) in [5.74, 6) is 0.411. The van der Waals surface area contributed by atoms with Crippen LogP contribution in [-0.4, -0.2) is 92.3 Å². The van der Waals surface area contributed by atoms with Gasteiger partial charge in [0.05, 0.1) is 31.1 Å². The highest BCUT2D eigenvalue weighted by molar-refractivity contribution is 6.33. The summed E-state index contributed by atoms with van der Waals surface area (Å²) in [4.78, 5) is 27.6. The molecule has 9 nitrogen and oxygen atoms in total. The molecule has 10 heteroatoms. The van der Waals surface area contributed by atoms with Crippen LogP contribution in [0, 0.1) is 0 Å². The Hall–Kier alpha value is -2.62. The molecule has 1 aromatic heterocycles. The molecule has 2 fully saturated rings. The summed E-state index contributed by atoms with van der Waals surface area (Å²) in [7, 11) is 5.16. The minimum atomic E-state index is -0.613. The average Bonchev–Trinajstić information content (AvgIpc) is 2.85. The summed E-state index contributed by atoms with van der Waals surface area (Å²) in [6.07, 6.45) is 3.88. The molecule has 0 amide bonds. The average molecular weight is 475 g/mol. The molecule has 0 aliphatic carbocycles. The normalized spacial score (nSPS) is 18.2. The molecule has 2 aromatic rings. The molecule has 33 heavy (non-hydrogen) atoms. The van der Waals surface area contributed by atoms with Crippen molar-refractivity contribution in [2.75, 3.05) is 70.8 Å². The second kappa shape index (κ2) is 10.5. The van der Waals surface area contributed by atoms with Crippen molar-refractivity contribution in [3.8, 4) is 5.75 Å². The fraction of sp³-hybridized carbons (Fsp3) is 0.522. The number of halogens is 1. The highest BCUT2D eigenvalue weighted by Gasteiger charge is 2.27. The van der Waals surface area contributed by atoms with E-state index in [9.17, 15) is 4.79 Å². The summed E-state index contributed by atoms with van der Waals surface area (Å²) >= 11 is 6.01. The van der Waals surface area contributed by atoms with Crippen molar-refractivity contribution in [2.45, 2.75) is 18.9 Å². The maximum Gasteiger partial charge on any atom is 0.358 e. The first-order valence-corrected chi connectivity index (χ1v) is 11.6. The standard InChI is InChI=1S/C23H31ClN6O3/c1-28-8-6-17(7-9-28)29-10-12-30(13-11-29)19-5-4-16(14-20(19)32-2)26-23-25-15-18(24)21(27-23)22(31)33-3/h4-5,14-15,17H,6-13H2,1-3H3,(H,25,26,27). The Kier molecular flexibility index (Phi) is 7.52. The predicted molar refractivity (Wildman–Crippen MR) is 129 cm³/mol. The second-order valence-electron chi connectivity index (χ2n) is 8.45. The Labute approximate surface area is 199 Å². The van der Waals surface area contributed by atoms with Gasteiger partial charge in [-0.2, -0.15) is 0 Å². The van der Waals surface area contributed by atoms with Gasteiger partial charge in [0.2, 0.25) is 5.95 Å². The fourth-order valence-electron chi connectivity index (χ4n) is 4.50. The van der Waals surface area contributed by atoms with Crippen molar-refractivity contribution in [3.63, 3.8) is 0 Å². The molecule has 0 radical (unpaired) electrons. The largest absolute Gasteiger partial charge is 0.495 e. The van der Waals surface area contributed by atoms with E-state index in [2.05, 4.69) is 37.0 Å². The van der Waals surface area contributed by atoms with Gasteiger partial charge in [-0.25, -0.2) is 14.8 Å². The summed E-state index contributed by atoms with van der Waals surface area (Å²) < 4.78 is 10.4. The van der Waals surface area contributed by atoms with Crippen molar-refractivity contribution in [2.24, 2.45) is 0 Å². The van der Waals surface area contributed by atoms with Crippen LogP contribution < -0.4 is 15.0 Å². The number of likely N-dealkylation sites (tertiary alicyclic amines) is 1. The van der Waals surface area contributed by atoms with Crippen LogP contribution >= 0.6 is 11.6 Å². The number of methoxy groups -OCH3 is 2. The van der Waals surface area contributed by atoms with Crippen LogP contribution in [0.1, 0.15) is 23.3 Å². The van der Waals surface area contributed by atoms with E-state index in [-0.39, 0.29) is 16.7 Å². The Balaban J connectivity index is 1.42. The molecule has 2 aliphatic heterocycles. The van der Waals surface area contributed by atoms with Gasteiger partial charge in [-0.1, -0.05) is 11.6 Å². The van der Waals surface area contributed by atoms with E-state index in [4.69, 9.17) is 21.1 Å². The van der Waals surface area contributed by atoms with Gasteiger partial charge in [0.1, 0.15) is 5.75 Å². The van der Waals surface area contributed by atoms with Crippen LogP contribution in [0.5, 0.6) is 5.75 Å². The van der Waals surface area contributed by atoms with Gasteiger partial charge in [-0.3, -0.25) is 4.90 Å². The smallest absolute Gasteiger partial charge is 0.358 e. The Morgan fingerprint density at radius 3 is 2.52 bits per heavy atom. The third kappa shape index (κ3) is 5.48. The first-order chi connectivity index (χ1) is 16.0. The van der Waals surface area contributed by atoms with Gasteiger partial charge in [0, 0.05) is 44.0 Å². The number of aromatic nitrogens is 2. The van der Waals surface area contributed by atoms with Crippen LogP contribution in [0.3, 0.4) is 0 Å². The lowest BCUT2D eigenvalue weighted by atomic mass is 10.0. The van der Waals surface area contributed by atoms with Crippen molar-refractivity contribution >= 4 is 34.9 Å². The molecular formula is C23H31ClN6O3. The first kappa shape index (κ1) is 23.5. The van der Waals surface area contributed by atoms with Crippen LogP contribution in [-0.2, 0) is 4.74 Å². The lowest BCUT2D eigenvalue weighted by Crippen LogP contribution is -2.53. The highest BCUT2D eigenvalue weighted by Crippen LogP contribution is 2.33. The van der Waals surface area contributed by atoms with E-state index in [1.54, 1.807) is 7.11 Å². The van der Waals surface area contributed by atoms with E-state index in [0.29, 0.717) is 6.04 Å². The van der Waals surface area contributed by atoms with Gasteiger partial charge in [0.15, 0.2) is 5.69 Å². The van der Waals surface area contributed by atoms with Crippen LogP contribution in [0.15, 0.2) is 24.4 Å². The van der Waals surface area contributed by atoms with E-state index in [1.807, 2.05) is 18.2 Å². The third-order valence-corrected chi connectivity index (χ3v) is 6.69. The molecule has 0 spiro atoms. The lowest BCUT2D eigenvalue weighted by Gasteiger charge is -2.43. The van der Waals surface area contributed by atoms with Crippen LogP contribution in [0.2, 0.25) is 5.02 Å². The second-order valence-corrected chi connectivity index (χ2v) is 8.86. The van der Waals surface area contributed by atoms with Crippen molar-refractivity contribution in [3.05, 3.63) is 35.1 Å². The number of ether oxygens (including phenoxy) is 2. The zero-order chi connectivity index (χ0) is 23.4. The number of piperidine rings is 1. The number of anilines is 3. The minimum absolute atomic E-state index is 0.0164. The van der Waals surface area contributed by atoms with E-state index >= 15 is 0 Å². The molecule has 1 aromatic carbocycles. The number of nitrogens with one attached hydrogen (secondary N) is 1. The third-order valence-electron chi connectivity index (χ3n) is 6.42. The number of hydrogen-bond acceptors (Lipinski definition) is 9. The van der Waals surface area contributed by atoms with E-state index in [0.717, 1.165) is 43.3 Å².